The molecule has 1 saturated carbocycles. The number of aromatic nitrogens is 1. The maximum Gasteiger partial charge on any atom is 0.253 e. The van der Waals surface area contributed by atoms with Gasteiger partial charge in [0.05, 0.1) is 5.56 Å². The lowest BCUT2D eigenvalue weighted by Gasteiger charge is -2.12. The molecule has 0 atom stereocenters. The summed E-state index contributed by atoms with van der Waals surface area (Å²) in [5.74, 6) is 0.772. The summed E-state index contributed by atoms with van der Waals surface area (Å²) in [6.45, 7) is 1.54. The highest BCUT2D eigenvalue weighted by atomic mass is 16.5. The van der Waals surface area contributed by atoms with Gasteiger partial charge in [-0.2, -0.15) is 0 Å². The van der Waals surface area contributed by atoms with E-state index in [-0.39, 0.29) is 5.91 Å². The molecule has 5 heteroatoms. The first-order valence-electron chi connectivity index (χ1n) is 7.29. The lowest BCUT2D eigenvalue weighted by atomic mass is 10.2. The number of rotatable bonds is 7. The van der Waals surface area contributed by atoms with Crippen molar-refractivity contribution in [2.75, 3.05) is 25.6 Å². The van der Waals surface area contributed by atoms with Crippen molar-refractivity contribution in [2.45, 2.75) is 38.1 Å². The fraction of sp³-hybridized carbons (Fsp3) is 0.600. The number of hydrogen-bond acceptors (Lipinski definition) is 4. The number of nitrogens with zero attached hydrogens (tertiary/aromatic N) is 1. The topological polar surface area (TPSA) is 63.2 Å². The van der Waals surface area contributed by atoms with Crippen LogP contribution in [0.2, 0.25) is 0 Å². The average molecular weight is 277 g/mol. The molecule has 0 spiro atoms. The van der Waals surface area contributed by atoms with Gasteiger partial charge >= 0.3 is 0 Å². The average Bonchev–Trinajstić information content (AvgIpc) is 2.97. The lowest BCUT2D eigenvalue weighted by Crippen LogP contribution is -2.32. The molecule has 1 aliphatic carbocycles. The summed E-state index contributed by atoms with van der Waals surface area (Å²) in [7, 11) is 1.69. The van der Waals surface area contributed by atoms with Gasteiger partial charge in [-0.1, -0.05) is 12.8 Å². The molecule has 1 fully saturated rings. The molecule has 1 amide bonds. The highest BCUT2D eigenvalue weighted by Crippen LogP contribution is 2.18. The Bertz CT molecular complexity index is 414. The van der Waals surface area contributed by atoms with Crippen molar-refractivity contribution in [3.8, 4) is 0 Å². The van der Waals surface area contributed by atoms with Crippen LogP contribution in [0.15, 0.2) is 18.3 Å². The molecule has 0 aliphatic heterocycles. The molecule has 0 radical (unpaired) electrons. The molecule has 0 bridgehead atoms. The summed E-state index contributed by atoms with van der Waals surface area (Å²) in [5, 5.41) is 6.25. The van der Waals surface area contributed by atoms with E-state index in [0.29, 0.717) is 11.6 Å². The van der Waals surface area contributed by atoms with Gasteiger partial charge < -0.3 is 15.4 Å². The molecule has 1 aromatic rings. The Morgan fingerprint density at radius 2 is 2.20 bits per heavy atom. The van der Waals surface area contributed by atoms with Crippen LogP contribution in [-0.4, -0.2) is 37.2 Å². The van der Waals surface area contributed by atoms with Gasteiger partial charge in [-0.15, -0.1) is 0 Å². The summed E-state index contributed by atoms with van der Waals surface area (Å²) in [4.78, 5) is 16.3. The molecular weight excluding hydrogens is 254 g/mol. The van der Waals surface area contributed by atoms with Crippen LogP contribution in [0.4, 0.5) is 5.82 Å². The number of hydrogen-bond donors (Lipinski definition) is 2. The van der Waals surface area contributed by atoms with E-state index >= 15 is 0 Å². The van der Waals surface area contributed by atoms with E-state index in [1.807, 2.05) is 12.1 Å². The molecule has 110 valence electrons. The van der Waals surface area contributed by atoms with Crippen LogP contribution < -0.4 is 10.6 Å². The zero-order valence-electron chi connectivity index (χ0n) is 12.0. The number of nitrogens with one attached hydrogen (secondary N) is 2. The Labute approximate surface area is 120 Å². The molecule has 1 heterocycles. The van der Waals surface area contributed by atoms with E-state index in [1.54, 1.807) is 13.3 Å². The standard InChI is InChI=1S/C15H23N3O2/c1-20-10-4-9-16-14-8-7-12(11-17-14)15(19)18-13-5-2-3-6-13/h7-8,11,13H,2-6,9-10H2,1H3,(H,16,17)(H,18,19). The molecule has 0 aromatic carbocycles. The number of carbonyl (C=O) groups is 1. The van der Waals surface area contributed by atoms with Crippen molar-refractivity contribution in [1.29, 1.82) is 0 Å². The summed E-state index contributed by atoms with van der Waals surface area (Å²) < 4.78 is 4.98. The number of amides is 1. The molecule has 2 rings (SSSR count). The first-order valence-corrected chi connectivity index (χ1v) is 7.29. The van der Waals surface area contributed by atoms with Gasteiger partial charge in [0, 0.05) is 32.5 Å². The van der Waals surface area contributed by atoms with Gasteiger partial charge in [-0.3, -0.25) is 4.79 Å². The van der Waals surface area contributed by atoms with Crippen molar-refractivity contribution in [3.63, 3.8) is 0 Å². The van der Waals surface area contributed by atoms with E-state index in [9.17, 15) is 4.79 Å². The van der Waals surface area contributed by atoms with Crippen molar-refractivity contribution in [2.24, 2.45) is 0 Å². The van der Waals surface area contributed by atoms with Gasteiger partial charge in [-0.05, 0) is 31.4 Å². The third-order valence-corrected chi connectivity index (χ3v) is 3.55. The molecule has 0 unspecified atom stereocenters. The minimum Gasteiger partial charge on any atom is -0.385 e. The first kappa shape index (κ1) is 14.8. The molecule has 2 N–H and O–H groups in total. The second-order valence-corrected chi connectivity index (χ2v) is 5.16. The Morgan fingerprint density at radius 1 is 1.40 bits per heavy atom. The lowest BCUT2D eigenvalue weighted by molar-refractivity contribution is 0.0937. The summed E-state index contributed by atoms with van der Waals surface area (Å²) in [5.41, 5.74) is 0.624. The molecule has 0 saturated heterocycles. The van der Waals surface area contributed by atoms with Crippen molar-refractivity contribution in [3.05, 3.63) is 23.9 Å². The van der Waals surface area contributed by atoms with E-state index in [4.69, 9.17) is 4.74 Å². The SMILES string of the molecule is COCCCNc1ccc(C(=O)NC2CCCC2)cn1. The van der Waals surface area contributed by atoms with Crippen LogP contribution in [0.3, 0.4) is 0 Å². The fourth-order valence-electron chi connectivity index (χ4n) is 2.40. The number of pyridine rings is 1. The van der Waals surface area contributed by atoms with E-state index in [0.717, 1.165) is 38.2 Å². The smallest absolute Gasteiger partial charge is 0.253 e. The Balaban J connectivity index is 1.79. The van der Waals surface area contributed by atoms with Crippen molar-refractivity contribution < 1.29 is 9.53 Å². The van der Waals surface area contributed by atoms with Crippen molar-refractivity contribution >= 4 is 11.7 Å². The number of anilines is 1. The Hall–Kier alpha value is -1.62. The quantitative estimate of drug-likeness (QED) is 0.750. The highest BCUT2D eigenvalue weighted by Gasteiger charge is 2.17. The zero-order chi connectivity index (χ0) is 14.2. The monoisotopic (exact) mass is 277 g/mol. The maximum atomic E-state index is 12.0. The predicted octanol–water partition coefficient (Wildman–Crippen LogP) is 2.20. The largest absolute Gasteiger partial charge is 0.385 e. The van der Waals surface area contributed by atoms with Gasteiger partial charge in [0.1, 0.15) is 5.82 Å². The second kappa shape index (κ2) is 7.85. The highest BCUT2D eigenvalue weighted by molar-refractivity contribution is 5.94. The van der Waals surface area contributed by atoms with Gasteiger partial charge in [0.2, 0.25) is 0 Å². The minimum absolute atomic E-state index is 0.0182. The third-order valence-electron chi connectivity index (χ3n) is 3.55. The van der Waals surface area contributed by atoms with Gasteiger partial charge in [0.15, 0.2) is 0 Å². The summed E-state index contributed by atoms with van der Waals surface area (Å²) in [6, 6.07) is 4.00. The Kier molecular flexibility index (Phi) is 5.80. The maximum absolute atomic E-state index is 12.0. The van der Waals surface area contributed by atoms with Crippen LogP contribution >= 0.6 is 0 Å². The van der Waals surface area contributed by atoms with Crippen LogP contribution in [0.1, 0.15) is 42.5 Å². The van der Waals surface area contributed by atoms with Crippen LogP contribution in [0.5, 0.6) is 0 Å². The van der Waals surface area contributed by atoms with Gasteiger partial charge in [0.25, 0.3) is 5.91 Å². The number of carbonyl (C=O) groups excluding carboxylic acids is 1. The number of methoxy groups -OCH3 is 1. The molecule has 5 nitrogen and oxygen atoms in total. The molecule has 1 aromatic heterocycles. The van der Waals surface area contributed by atoms with Crippen LogP contribution in [0.25, 0.3) is 0 Å². The van der Waals surface area contributed by atoms with E-state index < -0.39 is 0 Å². The van der Waals surface area contributed by atoms with E-state index in [2.05, 4.69) is 15.6 Å². The molecule has 1 aliphatic rings. The third kappa shape index (κ3) is 4.49. The van der Waals surface area contributed by atoms with E-state index in [1.165, 1.54) is 12.8 Å². The summed E-state index contributed by atoms with van der Waals surface area (Å²) in [6.07, 6.45) is 7.18. The minimum atomic E-state index is -0.0182. The van der Waals surface area contributed by atoms with Gasteiger partial charge in [-0.25, -0.2) is 4.98 Å². The van der Waals surface area contributed by atoms with Crippen LogP contribution in [-0.2, 0) is 4.74 Å². The van der Waals surface area contributed by atoms with Crippen LogP contribution in [0, 0.1) is 0 Å². The van der Waals surface area contributed by atoms with Crippen molar-refractivity contribution in [1.82, 2.24) is 10.3 Å². The summed E-state index contributed by atoms with van der Waals surface area (Å²) >= 11 is 0. The fourth-order valence-corrected chi connectivity index (χ4v) is 2.40. The zero-order valence-corrected chi connectivity index (χ0v) is 12.0. The predicted molar refractivity (Wildman–Crippen MR) is 78.9 cm³/mol. The normalized spacial score (nSPS) is 15.2. The Morgan fingerprint density at radius 3 is 2.85 bits per heavy atom. The molecule has 20 heavy (non-hydrogen) atoms. The number of ether oxygens (including phenoxy) is 1. The second-order valence-electron chi connectivity index (χ2n) is 5.16. The molecular formula is C15H23N3O2. The first-order chi connectivity index (χ1) is 9.79.